The summed E-state index contributed by atoms with van der Waals surface area (Å²) in [6.07, 6.45) is 0.968. The zero-order chi connectivity index (χ0) is 14.3. The SMILES string of the molecule is CCCN(CC(=O)OC)Cc1ccc(CN)cc1Cl. The van der Waals surface area contributed by atoms with Gasteiger partial charge < -0.3 is 10.5 Å². The summed E-state index contributed by atoms with van der Waals surface area (Å²) >= 11 is 6.22. The Morgan fingerprint density at radius 2 is 2.21 bits per heavy atom. The minimum atomic E-state index is -0.233. The molecule has 4 nitrogen and oxygen atoms in total. The Morgan fingerprint density at radius 1 is 1.47 bits per heavy atom. The molecular formula is C14H21ClN2O2. The van der Waals surface area contributed by atoms with Crippen molar-refractivity contribution >= 4 is 17.6 Å². The van der Waals surface area contributed by atoms with Gasteiger partial charge in [-0.1, -0.05) is 30.7 Å². The average molecular weight is 285 g/mol. The molecule has 0 amide bonds. The van der Waals surface area contributed by atoms with Crippen LogP contribution in [-0.2, 0) is 22.6 Å². The summed E-state index contributed by atoms with van der Waals surface area (Å²) in [6.45, 7) is 4.28. The first-order valence-corrected chi connectivity index (χ1v) is 6.75. The lowest BCUT2D eigenvalue weighted by Gasteiger charge is -2.21. The maximum absolute atomic E-state index is 11.4. The molecule has 1 aromatic carbocycles. The van der Waals surface area contributed by atoms with Gasteiger partial charge >= 0.3 is 5.97 Å². The fourth-order valence-corrected chi connectivity index (χ4v) is 2.13. The summed E-state index contributed by atoms with van der Waals surface area (Å²) in [7, 11) is 1.40. The summed E-state index contributed by atoms with van der Waals surface area (Å²) < 4.78 is 4.70. The molecule has 106 valence electrons. The fourth-order valence-electron chi connectivity index (χ4n) is 1.86. The number of benzene rings is 1. The van der Waals surface area contributed by atoms with E-state index < -0.39 is 0 Å². The van der Waals surface area contributed by atoms with Crippen molar-refractivity contribution in [3.05, 3.63) is 34.3 Å². The van der Waals surface area contributed by atoms with Gasteiger partial charge in [-0.2, -0.15) is 0 Å². The summed E-state index contributed by atoms with van der Waals surface area (Å²) in [5, 5.41) is 0.689. The van der Waals surface area contributed by atoms with Crippen LogP contribution in [0.5, 0.6) is 0 Å². The second kappa shape index (κ2) is 8.15. The molecule has 0 aliphatic carbocycles. The molecule has 0 saturated heterocycles. The van der Waals surface area contributed by atoms with Crippen LogP contribution in [0.1, 0.15) is 24.5 Å². The molecule has 0 fully saturated rings. The Hall–Kier alpha value is -1.10. The van der Waals surface area contributed by atoms with E-state index in [4.69, 9.17) is 22.1 Å². The minimum absolute atomic E-state index is 0.233. The Bertz CT molecular complexity index is 424. The molecule has 0 aromatic heterocycles. The second-order valence-corrected chi connectivity index (χ2v) is 4.82. The molecule has 1 rings (SSSR count). The predicted octanol–water partition coefficient (Wildman–Crippen LogP) is 2.18. The quantitative estimate of drug-likeness (QED) is 0.780. The highest BCUT2D eigenvalue weighted by Crippen LogP contribution is 2.19. The minimum Gasteiger partial charge on any atom is -0.468 e. The van der Waals surface area contributed by atoms with Crippen molar-refractivity contribution < 1.29 is 9.53 Å². The third-order valence-electron chi connectivity index (χ3n) is 2.87. The maximum atomic E-state index is 11.4. The second-order valence-electron chi connectivity index (χ2n) is 4.42. The van der Waals surface area contributed by atoms with Crippen molar-refractivity contribution in [3.8, 4) is 0 Å². The van der Waals surface area contributed by atoms with Gasteiger partial charge in [-0.3, -0.25) is 9.69 Å². The van der Waals surface area contributed by atoms with Gasteiger partial charge in [0.15, 0.2) is 0 Å². The molecular weight excluding hydrogens is 264 g/mol. The molecule has 2 N–H and O–H groups in total. The highest BCUT2D eigenvalue weighted by molar-refractivity contribution is 6.31. The van der Waals surface area contributed by atoms with Crippen molar-refractivity contribution in [2.24, 2.45) is 5.73 Å². The molecule has 0 saturated carbocycles. The Labute approximate surface area is 119 Å². The lowest BCUT2D eigenvalue weighted by atomic mass is 10.1. The van der Waals surface area contributed by atoms with Crippen molar-refractivity contribution in [3.63, 3.8) is 0 Å². The normalized spacial score (nSPS) is 10.8. The van der Waals surface area contributed by atoms with Gasteiger partial charge in [-0.25, -0.2) is 0 Å². The topological polar surface area (TPSA) is 55.6 Å². The number of carbonyl (C=O) groups is 1. The molecule has 0 spiro atoms. The van der Waals surface area contributed by atoms with Gasteiger partial charge in [0.25, 0.3) is 0 Å². The summed E-state index contributed by atoms with van der Waals surface area (Å²) in [5.74, 6) is -0.233. The largest absolute Gasteiger partial charge is 0.468 e. The fraction of sp³-hybridized carbons (Fsp3) is 0.500. The highest BCUT2D eigenvalue weighted by Gasteiger charge is 2.12. The number of esters is 1. The number of halogens is 1. The van der Waals surface area contributed by atoms with Crippen molar-refractivity contribution in [2.45, 2.75) is 26.4 Å². The molecule has 0 radical (unpaired) electrons. The monoisotopic (exact) mass is 284 g/mol. The Morgan fingerprint density at radius 3 is 2.74 bits per heavy atom. The van der Waals surface area contributed by atoms with Crippen molar-refractivity contribution in [1.29, 1.82) is 0 Å². The summed E-state index contributed by atoms with van der Waals surface area (Å²) in [5.41, 5.74) is 7.57. The third-order valence-corrected chi connectivity index (χ3v) is 3.22. The number of hydrogen-bond donors (Lipinski definition) is 1. The number of hydrogen-bond acceptors (Lipinski definition) is 4. The van der Waals surface area contributed by atoms with Crippen molar-refractivity contribution in [2.75, 3.05) is 20.2 Å². The lowest BCUT2D eigenvalue weighted by molar-refractivity contribution is -0.142. The van der Waals surface area contributed by atoms with Crippen LogP contribution in [0.2, 0.25) is 5.02 Å². The smallest absolute Gasteiger partial charge is 0.319 e. The zero-order valence-corrected chi connectivity index (χ0v) is 12.2. The first-order valence-electron chi connectivity index (χ1n) is 6.37. The molecule has 0 heterocycles. The highest BCUT2D eigenvalue weighted by atomic mass is 35.5. The van der Waals surface area contributed by atoms with E-state index in [-0.39, 0.29) is 12.5 Å². The van der Waals surface area contributed by atoms with Crippen LogP contribution in [0.15, 0.2) is 18.2 Å². The van der Waals surface area contributed by atoms with Gasteiger partial charge in [0.1, 0.15) is 0 Å². The molecule has 0 unspecified atom stereocenters. The van der Waals surface area contributed by atoms with Crippen LogP contribution in [-0.4, -0.2) is 31.1 Å². The van der Waals surface area contributed by atoms with Crippen LogP contribution in [0, 0.1) is 0 Å². The van der Waals surface area contributed by atoms with E-state index in [0.29, 0.717) is 18.1 Å². The molecule has 1 aromatic rings. The first kappa shape index (κ1) is 16.0. The molecule has 0 bridgehead atoms. The Kier molecular flexibility index (Phi) is 6.84. The van der Waals surface area contributed by atoms with Crippen LogP contribution < -0.4 is 5.73 Å². The van der Waals surface area contributed by atoms with Crippen molar-refractivity contribution in [1.82, 2.24) is 4.90 Å². The average Bonchev–Trinajstić information content (AvgIpc) is 2.41. The van der Waals surface area contributed by atoms with Gasteiger partial charge in [0.2, 0.25) is 0 Å². The number of methoxy groups -OCH3 is 1. The van der Waals surface area contributed by atoms with Gasteiger partial charge in [-0.05, 0) is 30.2 Å². The van der Waals surface area contributed by atoms with Crippen LogP contribution >= 0.6 is 11.6 Å². The molecule has 0 atom stereocenters. The standard InChI is InChI=1S/C14H21ClN2O2/c1-3-6-17(10-14(18)19-2)9-12-5-4-11(8-16)7-13(12)15/h4-5,7H,3,6,8-10,16H2,1-2H3. The molecule has 19 heavy (non-hydrogen) atoms. The van der Waals surface area contributed by atoms with Gasteiger partial charge in [0.05, 0.1) is 13.7 Å². The number of rotatable bonds is 7. The van der Waals surface area contributed by atoms with E-state index in [1.165, 1.54) is 7.11 Å². The van der Waals surface area contributed by atoms with Gasteiger partial charge in [0, 0.05) is 18.1 Å². The number of nitrogens with two attached hydrogens (primary N) is 1. The maximum Gasteiger partial charge on any atom is 0.319 e. The Balaban J connectivity index is 2.75. The van der Waals surface area contributed by atoms with E-state index >= 15 is 0 Å². The summed E-state index contributed by atoms with van der Waals surface area (Å²) in [6, 6.07) is 5.80. The van der Waals surface area contributed by atoms with E-state index in [0.717, 1.165) is 24.1 Å². The number of ether oxygens (including phenoxy) is 1. The van der Waals surface area contributed by atoms with Crippen LogP contribution in [0.4, 0.5) is 0 Å². The van der Waals surface area contributed by atoms with Crippen LogP contribution in [0.25, 0.3) is 0 Å². The predicted molar refractivity (Wildman–Crippen MR) is 76.9 cm³/mol. The number of carbonyl (C=O) groups excluding carboxylic acids is 1. The van der Waals surface area contributed by atoms with Gasteiger partial charge in [-0.15, -0.1) is 0 Å². The first-order chi connectivity index (χ1) is 9.10. The number of nitrogens with zero attached hydrogens (tertiary/aromatic N) is 1. The van der Waals surface area contributed by atoms with E-state index in [9.17, 15) is 4.79 Å². The van der Waals surface area contributed by atoms with E-state index in [1.807, 2.05) is 23.1 Å². The van der Waals surface area contributed by atoms with E-state index in [1.54, 1.807) is 0 Å². The van der Waals surface area contributed by atoms with Crippen LogP contribution in [0.3, 0.4) is 0 Å². The summed E-state index contributed by atoms with van der Waals surface area (Å²) in [4.78, 5) is 13.4. The molecule has 5 heteroatoms. The zero-order valence-electron chi connectivity index (χ0n) is 11.5. The lowest BCUT2D eigenvalue weighted by Crippen LogP contribution is -2.31. The molecule has 0 aliphatic rings. The molecule has 0 aliphatic heterocycles. The van der Waals surface area contributed by atoms with E-state index in [2.05, 4.69) is 6.92 Å². The third kappa shape index (κ3) is 5.19.